The zero-order valence-corrected chi connectivity index (χ0v) is 21.0. The van der Waals surface area contributed by atoms with Gasteiger partial charge in [0.15, 0.2) is 0 Å². The lowest BCUT2D eigenvalue weighted by molar-refractivity contribution is -0.136. The molecule has 0 fully saturated rings. The Morgan fingerprint density at radius 2 is 1.83 bits per heavy atom. The summed E-state index contributed by atoms with van der Waals surface area (Å²) in [5.41, 5.74) is -1.51. The third-order valence-electron chi connectivity index (χ3n) is 6.62. The number of rotatable bonds is 5. The largest absolute Gasteiger partial charge is 0.418 e. The molecule has 5 aromatic rings. The van der Waals surface area contributed by atoms with Crippen molar-refractivity contribution in [3.8, 4) is 0 Å². The van der Waals surface area contributed by atoms with Crippen molar-refractivity contribution >= 4 is 50.8 Å². The summed E-state index contributed by atoms with van der Waals surface area (Å²) in [6.07, 6.45) is -5.68. The molecule has 2 N–H and O–H groups in total. The maximum absolute atomic E-state index is 14.4. The predicted molar refractivity (Wildman–Crippen MR) is 134 cm³/mol. The molecule has 3 aromatic carbocycles. The minimum absolute atomic E-state index is 0.00336. The average molecular weight is 595 g/mol. The van der Waals surface area contributed by atoms with Crippen LogP contribution in [-0.2, 0) is 12.7 Å². The van der Waals surface area contributed by atoms with Gasteiger partial charge in [-0.3, -0.25) is 9.48 Å². The zero-order valence-electron chi connectivity index (χ0n) is 20.2. The van der Waals surface area contributed by atoms with Crippen molar-refractivity contribution in [3.05, 3.63) is 87.8 Å². The van der Waals surface area contributed by atoms with Crippen molar-refractivity contribution in [1.82, 2.24) is 25.1 Å². The molecule has 210 valence electrons. The van der Waals surface area contributed by atoms with Gasteiger partial charge in [0.2, 0.25) is 0 Å². The first-order valence-electron chi connectivity index (χ1n) is 11.8. The number of benzene rings is 3. The second kappa shape index (κ2) is 9.58. The highest BCUT2D eigenvalue weighted by Crippen LogP contribution is 2.44. The fourth-order valence-corrected chi connectivity index (χ4v) is 5.21. The van der Waals surface area contributed by atoms with E-state index in [9.17, 15) is 35.5 Å². The van der Waals surface area contributed by atoms with Crippen LogP contribution in [0.4, 0.5) is 42.2 Å². The average Bonchev–Trinajstić information content (AvgIpc) is 3.45. The summed E-state index contributed by atoms with van der Waals surface area (Å²) >= 11 is 6.33. The Kier molecular flexibility index (Phi) is 6.25. The van der Waals surface area contributed by atoms with Gasteiger partial charge in [-0.1, -0.05) is 11.6 Å². The monoisotopic (exact) mass is 594 g/mol. The number of carbonyl (C=O) groups excluding carboxylic acids is 1. The van der Waals surface area contributed by atoms with Gasteiger partial charge in [0.1, 0.15) is 30.3 Å². The highest BCUT2D eigenvalue weighted by molar-refractivity contribution is 6.31. The van der Waals surface area contributed by atoms with Crippen molar-refractivity contribution < 1.29 is 35.5 Å². The number of halogens is 8. The normalized spacial score (nSPS) is 15.1. The van der Waals surface area contributed by atoms with Crippen molar-refractivity contribution in [3.63, 3.8) is 0 Å². The number of hydrogen-bond donors (Lipinski definition) is 2. The Bertz CT molecular complexity index is 1870. The summed E-state index contributed by atoms with van der Waals surface area (Å²) in [5, 5.41) is 9.43. The third-order valence-corrected chi connectivity index (χ3v) is 6.97. The number of aromatic nitrogens is 4. The standard InChI is InChI=1S/C26H14ClF7N6O/c27-16-2-1-10(28)3-12(16)23-21-17(6-18-14(20(21)25(41)39-23)7-37-40(18)8-19(30)31)38-24-13-4-11(29)5-15(26(32,33)34)22(13)35-9-36-24/h1-7,9,19,23H,8H2,(H,39,41)(H,35,36,38). The number of hydrogen-bond acceptors (Lipinski definition) is 5. The number of alkyl halides is 5. The Morgan fingerprint density at radius 1 is 1.05 bits per heavy atom. The smallest absolute Gasteiger partial charge is 0.341 e. The molecule has 2 aromatic heterocycles. The molecular formula is C26H14ClF7N6O. The summed E-state index contributed by atoms with van der Waals surface area (Å²) in [4.78, 5) is 20.9. The first-order valence-corrected chi connectivity index (χ1v) is 12.1. The van der Waals surface area contributed by atoms with Gasteiger partial charge in [0, 0.05) is 32.6 Å². The highest BCUT2D eigenvalue weighted by atomic mass is 35.5. The van der Waals surface area contributed by atoms with Crippen LogP contribution in [0.2, 0.25) is 5.02 Å². The number of fused-ring (bicyclic) bond motifs is 4. The molecule has 0 bridgehead atoms. The molecule has 1 aliphatic heterocycles. The maximum Gasteiger partial charge on any atom is 0.418 e. The van der Waals surface area contributed by atoms with Gasteiger partial charge in [-0.05, 0) is 36.4 Å². The zero-order chi connectivity index (χ0) is 29.2. The molecule has 1 aliphatic rings. The van der Waals surface area contributed by atoms with Crippen LogP contribution in [0.1, 0.15) is 33.1 Å². The molecule has 15 heteroatoms. The summed E-state index contributed by atoms with van der Waals surface area (Å²) in [7, 11) is 0. The van der Waals surface area contributed by atoms with Crippen LogP contribution in [0.3, 0.4) is 0 Å². The molecule has 3 heterocycles. The van der Waals surface area contributed by atoms with Crippen LogP contribution in [0.5, 0.6) is 0 Å². The van der Waals surface area contributed by atoms with Crippen molar-refractivity contribution in [2.24, 2.45) is 0 Å². The molecule has 0 aliphatic carbocycles. The Hall–Kier alpha value is -4.46. The van der Waals surface area contributed by atoms with Crippen molar-refractivity contribution in [1.29, 1.82) is 0 Å². The van der Waals surface area contributed by atoms with E-state index in [2.05, 4.69) is 25.7 Å². The third kappa shape index (κ3) is 4.57. The second-order valence-corrected chi connectivity index (χ2v) is 9.54. The number of nitrogens with one attached hydrogen (secondary N) is 2. The fourth-order valence-electron chi connectivity index (χ4n) is 4.98. The summed E-state index contributed by atoms with van der Waals surface area (Å²) < 4.78 is 97.1. The van der Waals surface area contributed by atoms with E-state index in [0.717, 1.165) is 29.2 Å². The molecule has 7 nitrogen and oxygen atoms in total. The van der Waals surface area contributed by atoms with E-state index in [0.29, 0.717) is 6.07 Å². The molecule has 41 heavy (non-hydrogen) atoms. The lowest BCUT2D eigenvalue weighted by atomic mass is 9.94. The van der Waals surface area contributed by atoms with Gasteiger partial charge in [0.25, 0.3) is 12.3 Å². The summed E-state index contributed by atoms with van der Waals surface area (Å²) in [5.74, 6) is -2.80. The quantitative estimate of drug-likeness (QED) is 0.219. The SMILES string of the molecule is O=C1NC(c2cc(F)ccc2Cl)c2c(Nc3ncnc4c(C(F)(F)F)cc(F)cc34)cc3c(cnn3CC(F)F)c21. The van der Waals surface area contributed by atoms with Gasteiger partial charge < -0.3 is 10.6 Å². The van der Waals surface area contributed by atoms with E-state index >= 15 is 0 Å². The van der Waals surface area contributed by atoms with E-state index in [1.807, 2.05) is 0 Å². The van der Waals surface area contributed by atoms with Crippen LogP contribution in [0.15, 0.2) is 48.9 Å². The number of amides is 1. The van der Waals surface area contributed by atoms with Crippen molar-refractivity contribution in [2.75, 3.05) is 5.32 Å². The first-order chi connectivity index (χ1) is 19.4. The molecule has 0 spiro atoms. The Morgan fingerprint density at radius 3 is 2.56 bits per heavy atom. The summed E-state index contributed by atoms with van der Waals surface area (Å²) in [6, 6.07) is 4.88. The molecule has 0 saturated heterocycles. The number of carbonyl (C=O) groups is 1. The van der Waals surface area contributed by atoms with Crippen molar-refractivity contribution in [2.45, 2.75) is 25.2 Å². The van der Waals surface area contributed by atoms with Gasteiger partial charge >= 0.3 is 6.18 Å². The van der Waals surface area contributed by atoms with Crippen LogP contribution < -0.4 is 10.6 Å². The maximum atomic E-state index is 14.4. The van der Waals surface area contributed by atoms with E-state index in [-0.39, 0.29) is 49.5 Å². The molecule has 1 unspecified atom stereocenters. The highest BCUT2D eigenvalue weighted by Gasteiger charge is 2.38. The van der Waals surface area contributed by atoms with Crippen LogP contribution in [0, 0.1) is 11.6 Å². The Balaban J connectivity index is 1.62. The van der Waals surface area contributed by atoms with Gasteiger partial charge in [-0.25, -0.2) is 27.5 Å². The molecule has 0 saturated carbocycles. The van der Waals surface area contributed by atoms with Crippen LogP contribution in [0.25, 0.3) is 21.8 Å². The van der Waals surface area contributed by atoms with Gasteiger partial charge in [0.05, 0.1) is 34.4 Å². The predicted octanol–water partition coefficient (Wildman–Crippen LogP) is 6.77. The minimum atomic E-state index is -4.94. The second-order valence-electron chi connectivity index (χ2n) is 9.13. The van der Waals surface area contributed by atoms with Gasteiger partial charge in [-0.2, -0.15) is 18.3 Å². The lowest BCUT2D eigenvalue weighted by Crippen LogP contribution is -2.20. The van der Waals surface area contributed by atoms with E-state index < -0.39 is 53.8 Å². The fraction of sp³-hybridized carbons (Fsp3) is 0.154. The van der Waals surface area contributed by atoms with E-state index in [4.69, 9.17) is 11.6 Å². The molecule has 1 amide bonds. The molecular weight excluding hydrogens is 581 g/mol. The first kappa shape index (κ1) is 26.7. The Labute approximate surface area is 229 Å². The number of anilines is 2. The lowest BCUT2D eigenvalue weighted by Gasteiger charge is -2.19. The van der Waals surface area contributed by atoms with E-state index in [1.165, 1.54) is 18.3 Å². The minimum Gasteiger partial charge on any atom is -0.341 e. The van der Waals surface area contributed by atoms with Gasteiger partial charge in [-0.15, -0.1) is 0 Å². The van der Waals surface area contributed by atoms with E-state index in [1.54, 1.807) is 0 Å². The van der Waals surface area contributed by atoms with Crippen LogP contribution >= 0.6 is 11.6 Å². The topological polar surface area (TPSA) is 84.7 Å². The molecule has 6 rings (SSSR count). The summed E-state index contributed by atoms with van der Waals surface area (Å²) in [6.45, 7) is -0.820. The van der Waals surface area contributed by atoms with Crippen LogP contribution in [-0.4, -0.2) is 32.1 Å². The number of nitrogens with zero attached hydrogens (tertiary/aromatic N) is 4. The molecule has 0 radical (unpaired) electrons. The molecule has 1 atom stereocenters.